The Balaban J connectivity index is 1.27. The van der Waals surface area contributed by atoms with Gasteiger partial charge in [-0.3, -0.25) is 0 Å². The highest BCUT2D eigenvalue weighted by atomic mass is 16.3. The normalized spacial score (nSPS) is 51.6. The molecule has 5 aliphatic carbocycles. The number of rotatable bonds is 5. The third kappa shape index (κ3) is 3.43. The minimum absolute atomic E-state index is 0.0242. The summed E-state index contributed by atoms with van der Waals surface area (Å²) in [6.07, 6.45) is 17.7. The van der Waals surface area contributed by atoms with Crippen LogP contribution in [-0.4, -0.2) is 21.9 Å². The van der Waals surface area contributed by atoms with Crippen molar-refractivity contribution < 1.29 is 10.2 Å². The zero-order chi connectivity index (χ0) is 20.4. The van der Waals surface area contributed by atoms with Crippen molar-refractivity contribution in [1.82, 2.24) is 0 Å². The third-order valence-corrected chi connectivity index (χ3v) is 11.5. The van der Waals surface area contributed by atoms with E-state index in [4.69, 9.17) is 0 Å². The average Bonchev–Trinajstić information content (AvgIpc) is 3.29. The maximum Gasteiger partial charge on any atom is 0.0650 e. The lowest BCUT2D eigenvalue weighted by atomic mass is 9.44. The molecule has 2 N–H and O–H groups in total. The van der Waals surface area contributed by atoms with Gasteiger partial charge >= 0.3 is 0 Å². The van der Waals surface area contributed by atoms with Crippen LogP contribution in [0.15, 0.2) is 0 Å². The van der Waals surface area contributed by atoms with Crippen molar-refractivity contribution >= 4 is 0 Å². The molecule has 2 heteroatoms. The molecule has 0 aromatic rings. The van der Waals surface area contributed by atoms with Crippen LogP contribution in [0.5, 0.6) is 0 Å². The monoisotopic (exact) mass is 402 g/mol. The Labute approximate surface area is 179 Å². The van der Waals surface area contributed by atoms with Crippen molar-refractivity contribution in [2.24, 2.45) is 46.3 Å². The van der Waals surface area contributed by atoms with Crippen molar-refractivity contribution in [3.63, 3.8) is 0 Å². The predicted octanol–water partition coefficient (Wildman–Crippen LogP) is 6.34. The van der Waals surface area contributed by atoms with Crippen LogP contribution in [-0.2, 0) is 0 Å². The minimum Gasteiger partial charge on any atom is -0.393 e. The van der Waals surface area contributed by atoms with E-state index in [2.05, 4.69) is 20.8 Å². The van der Waals surface area contributed by atoms with Gasteiger partial charge in [-0.15, -0.1) is 0 Å². The van der Waals surface area contributed by atoms with Crippen LogP contribution < -0.4 is 0 Å². The first-order valence-electron chi connectivity index (χ1n) is 13.2. The van der Waals surface area contributed by atoms with Gasteiger partial charge in [0.25, 0.3) is 0 Å². The number of fused-ring (bicyclic) bond motifs is 5. The molecule has 0 aliphatic heterocycles. The molecule has 0 bridgehead atoms. The average molecular weight is 403 g/mol. The highest BCUT2D eigenvalue weighted by molar-refractivity contribution is 5.09. The second-order valence-corrected chi connectivity index (χ2v) is 12.9. The predicted molar refractivity (Wildman–Crippen MR) is 118 cm³/mol. The van der Waals surface area contributed by atoms with E-state index in [0.29, 0.717) is 10.8 Å². The Morgan fingerprint density at radius 2 is 1.59 bits per heavy atom. The van der Waals surface area contributed by atoms with E-state index in [-0.39, 0.29) is 11.7 Å². The van der Waals surface area contributed by atoms with Gasteiger partial charge in [0, 0.05) is 0 Å². The lowest BCUT2D eigenvalue weighted by molar-refractivity contribution is -0.129. The Kier molecular flexibility index (Phi) is 5.18. The van der Waals surface area contributed by atoms with Gasteiger partial charge in [-0.2, -0.15) is 0 Å². The fourth-order valence-corrected chi connectivity index (χ4v) is 9.56. The lowest BCUT2D eigenvalue weighted by Gasteiger charge is -2.61. The van der Waals surface area contributed by atoms with Gasteiger partial charge in [-0.25, -0.2) is 0 Å². The van der Waals surface area contributed by atoms with Crippen LogP contribution in [0.25, 0.3) is 0 Å². The second-order valence-electron chi connectivity index (χ2n) is 12.9. The van der Waals surface area contributed by atoms with Gasteiger partial charge in [0.2, 0.25) is 0 Å². The third-order valence-electron chi connectivity index (χ3n) is 11.5. The van der Waals surface area contributed by atoms with Crippen molar-refractivity contribution in [3.05, 3.63) is 0 Å². The molecule has 0 spiro atoms. The van der Waals surface area contributed by atoms with E-state index in [1.165, 1.54) is 57.8 Å². The molecular formula is C27H46O2. The fraction of sp³-hybridized carbons (Fsp3) is 1.00. The van der Waals surface area contributed by atoms with Gasteiger partial charge in [0.15, 0.2) is 0 Å². The van der Waals surface area contributed by atoms with Crippen molar-refractivity contribution in [2.75, 3.05) is 0 Å². The molecule has 0 aromatic heterocycles. The molecule has 2 nitrogen and oxygen atoms in total. The summed E-state index contributed by atoms with van der Waals surface area (Å²) in [5.74, 6) is 5.33. The Hall–Kier alpha value is -0.0800. The van der Waals surface area contributed by atoms with E-state index >= 15 is 0 Å². The quantitative estimate of drug-likeness (QED) is 0.563. The van der Waals surface area contributed by atoms with Crippen molar-refractivity contribution in [3.8, 4) is 0 Å². The summed E-state index contributed by atoms with van der Waals surface area (Å²) < 4.78 is 0. The van der Waals surface area contributed by atoms with E-state index in [9.17, 15) is 10.2 Å². The summed E-state index contributed by atoms with van der Waals surface area (Å²) in [7, 11) is 0. The van der Waals surface area contributed by atoms with E-state index in [0.717, 1.165) is 67.6 Å². The zero-order valence-corrected chi connectivity index (χ0v) is 19.3. The summed E-state index contributed by atoms with van der Waals surface area (Å²) in [4.78, 5) is 0. The summed E-state index contributed by atoms with van der Waals surface area (Å²) in [6.45, 7) is 7.82. The largest absolute Gasteiger partial charge is 0.393 e. The van der Waals surface area contributed by atoms with E-state index in [1.807, 2.05) is 0 Å². The standard InChI is InChI=1S/C27H46O2/c1-18(5-4-12-27(29)15-16-27)22-8-9-23-21-7-6-19-17-20(28)10-13-25(19,2)24(21)11-14-26(22,23)3/h18-24,28-29H,4-17H2,1-3H3/t18-,19+,20+,21+,22-,23+,24+,25+,26-/m1/s1. The molecular weight excluding hydrogens is 356 g/mol. The van der Waals surface area contributed by atoms with Crippen LogP contribution in [0.4, 0.5) is 0 Å². The molecule has 5 fully saturated rings. The maximum absolute atomic E-state index is 10.3. The second kappa shape index (κ2) is 7.22. The highest BCUT2D eigenvalue weighted by Crippen LogP contribution is 2.68. The molecule has 5 aliphatic rings. The summed E-state index contributed by atoms with van der Waals surface area (Å²) in [5.41, 5.74) is 0.808. The first-order chi connectivity index (χ1) is 13.8. The van der Waals surface area contributed by atoms with Crippen LogP contribution in [0, 0.1) is 46.3 Å². The van der Waals surface area contributed by atoms with Crippen molar-refractivity contribution in [1.29, 1.82) is 0 Å². The SMILES string of the molecule is C[C@H](CCCC1(O)CC1)[C@H]1CC[C@H]2[C@@H]3CC[C@H]4C[C@@H](O)CC[C@]4(C)[C@H]3CC[C@]12C. The zero-order valence-electron chi connectivity index (χ0n) is 19.3. The van der Waals surface area contributed by atoms with E-state index < -0.39 is 0 Å². The van der Waals surface area contributed by atoms with E-state index in [1.54, 1.807) is 0 Å². The summed E-state index contributed by atoms with van der Waals surface area (Å²) >= 11 is 0. The molecule has 5 saturated carbocycles. The molecule has 0 saturated heterocycles. The Morgan fingerprint density at radius 1 is 0.862 bits per heavy atom. The van der Waals surface area contributed by atoms with Crippen LogP contribution in [0.3, 0.4) is 0 Å². The topological polar surface area (TPSA) is 40.5 Å². The molecule has 0 aromatic carbocycles. The summed E-state index contributed by atoms with van der Waals surface area (Å²) in [6, 6.07) is 0. The smallest absolute Gasteiger partial charge is 0.0650 e. The van der Waals surface area contributed by atoms with Crippen LogP contribution in [0.1, 0.15) is 111 Å². The van der Waals surface area contributed by atoms with Gasteiger partial charge in [-0.05, 0) is 123 Å². The lowest BCUT2D eigenvalue weighted by Crippen LogP contribution is -2.54. The van der Waals surface area contributed by atoms with Gasteiger partial charge in [0.05, 0.1) is 11.7 Å². The summed E-state index contributed by atoms with van der Waals surface area (Å²) in [5, 5.41) is 20.4. The fourth-order valence-electron chi connectivity index (χ4n) is 9.56. The van der Waals surface area contributed by atoms with Crippen LogP contribution >= 0.6 is 0 Å². The number of hydrogen-bond donors (Lipinski definition) is 2. The Morgan fingerprint density at radius 3 is 2.34 bits per heavy atom. The molecule has 166 valence electrons. The molecule has 9 atom stereocenters. The molecule has 29 heavy (non-hydrogen) atoms. The molecule has 0 amide bonds. The van der Waals surface area contributed by atoms with Crippen LogP contribution in [0.2, 0.25) is 0 Å². The minimum atomic E-state index is -0.262. The highest BCUT2D eigenvalue weighted by Gasteiger charge is 2.60. The van der Waals surface area contributed by atoms with Gasteiger partial charge in [0.1, 0.15) is 0 Å². The number of aliphatic hydroxyl groups excluding tert-OH is 1. The molecule has 0 heterocycles. The van der Waals surface area contributed by atoms with Gasteiger partial charge < -0.3 is 10.2 Å². The first-order valence-corrected chi connectivity index (χ1v) is 13.2. The Bertz CT molecular complexity index is 612. The number of hydrogen-bond acceptors (Lipinski definition) is 2. The number of aliphatic hydroxyl groups is 2. The maximum atomic E-state index is 10.3. The molecule has 5 rings (SSSR count). The molecule has 0 radical (unpaired) electrons. The van der Waals surface area contributed by atoms with Gasteiger partial charge in [-0.1, -0.05) is 33.6 Å². The van der Waals surface area contributed by atoms with Crippen molar-refractivity contribution in [2.45, 2.75) is 122 Å². The molecule has 0 unspecified atom stereocenters. The first kappa shape index (κ1) is 20.8.